The predicted molar refractivity (Wildman–Crippen MR) is 190 cm³/mol. The molecular formula is C38H36N6O8. The number of hydrogen-bond donors (Lipinski definition) is 4. The summed E-state index contributed by atoms with van der Waals surface area (Å²) in [5.41, 5.74) is 3.35. The largest absolute Gasteiger partial charge is 0.481 e. The van der Waals surface area contributed by atoms with Gasteiger partial charge in [-0.05, 0) is 53.8 Å². The first-order valence-electron chi connectivity index (χ1n) is 16.0. The van der Waals surface area contributed by atoms with Crippen LogP contribution < -0.4 is 16.5 Å². The molecule has 1 aliphatic heterocycles. The van der Waals surface area contributed by atoms with Gasteiger partial charge in [0.2, 0.25) is 5.91 Å². The van der Waals surface area contributed by atoms with E-state index in [1.54, 1.807) is 48.5 Å². The van der Waals surface area contributed by atoms with Crippen molar-refractivity contribution in [1.82, 2.24) is 9.80 Å². The number of imide groups is 1. The number of carboxylic acids is 2. The average Bonchev–Trinajstić information content (AvgIpc) is 3.31. The van der Waals surface area contributed by atoms with E-state index in [9.17, 15) is 29.4 Å². The van der Waals surface area contributed by atoms with Crippen molar-refractivity contribution in [2.45, 2.75) is 44.1 Å². The highest BCUT2D eigenvalue weighted by molar-refractivity contribution is 6.24. The van der Waals surface area contributed by atoms with E-state index < -0.39 is 59.2 Å². The lowest BCUT2D eigenvalue weighted by atomic mass is 9.87. The van der Waals surface area contributed by atoms with Crippen LogP contribution in [-0.4, -0.2) is 73.5 Å². The molecule has 0 aliphatic carbocycles. The van der Waals surface area contributed by atoms with Gasteiger partial charge in [-0.1, -0.05) is 97.1 Å². The summed E-state index contributed by atoms with van der Waals surface area (Å²) in [4.78, 5) is 85.4. The lowest BCUT2D eigenvalue weighted by Gasteiger charge is -2.43. The molecule has 5 rings (SSSR count). The number of ketones is 1. The number of urea groups is 1. The molecule has 0 saturated carbocycles. The number of hydrogen-bond acceptors (Lipinski definition) is 9. The molecule has 266 valence electrons. The highest BCUT2D eigenvalue weighted by Crippen LogP contribution is 2.44. The number of carbonyl (C=O) groups excluding carboxylic acids is 4. The van der Waals surface area contributed by atoms with Crippen LogP contribution in [0.4, 0.5) is 10.5 Å². The number of aliphatic carboxylic acids is 2. The molecule has 14 heteroatoms. The van der Waals surface area contributed by atoms with Crippen LogP contribution in [0.1, 0.15) is 37.0 Å². The maximum absolute atomic E-state index is 15.1. The minimum absolute atomic E-state index is 0.230. The zero-order chi connectivity index (χ0) is 37.8. The Bertz CT molecular complexity index is 2040. The van der Waals surface area contributed by atoms with E-state index in [-0.39, 0.29) is 22.7 Å². The summed E-state index contributed by atoms with van der Waals surface area (Å²) >= 11 is 0. The molecule has 0 radical (unpaired) electrons. The average molecular weight is 705 g/mol. The Balaban J connectivity index is 1.79. The number of nitrogens with two attached hydrogens (primary N) is 2. The number of benzene rings is 4. The lowest BCUT2D eigenvalue weighted by molar-refractivity contribution is -0.162. The zero-order valence-electron chi connectivity index (χ0n) is 28.2. The Morgan fingerprint density at radius 3 is 2.02 bits per heavy atom. The number of nitrogens with zero attached hydrogens (tertiary/aromatic N) is 4. The summed E-state index contributed by atoms with van der Waals surface area (Å²) in [5.74, 6) is -1.98. The van der Waals surface area contributed by atoms with Crippen molar-refractivity contribution in [3.63, 3.8) is 0 Å². The number of amides is 4. The van der Waals surface area contributed by atoms with Crippen LogP contribution in [0.3, 0.4) is 0 Å². The molecule has 1 heterocycles. The van der Waals surface area contributed by atoms with Gasteiger partial charge in [-0.3, -0.25) is 24.1 Å². The van der Waals surface area contributed by atoms with E-state index in [2.05, 4.69) is 5.10 Å². The monoisotopic (exact) mass is 704 g/mol. The molecule has 0 unspecified atom stereocenters. The van der Waals surface area contributed by atoms with E-state index in [1.807, 2.05) is 36.4 Å². The molecule has 0 bridgehead atoms. The van der Waals surface area contributed by atoms with Gasteiger partial charge in [0.15, 0.2) is 5.78 Å². The summed E-state index contributed by atoms with van der Waals surface area (Å²) in [6, 6.07) is 26.6. The first-order valence-corrected chi connectivity index (χ1v) is 16.0. The van der Waals surface area contributed by atoms with Crippen molar-refractivity contribution < 1.29 is 39.0 Å². The number of Topliss-reactive ketones (excluding diaryl/α,β-unsaturated/α-hetero) is 1. The fourth-order valence-electron chi connectivity index (χ4n) is 6.48. The standard InChI is InChI=1S/C38H36N6O8/c1-24(45)38(35(50)51,43(29-14-7-4-8-15-29)33(48)31(39)21-32(46)47)44-34(49)37(2,28-19-17-25(18-20-28)22-41-40)42(36(44)52)23-27-13-9-10-16-30(27)26-11-5-3-6-12-26/h3-20,22,31H,21,23,39-40H2,1-2H3,(H,46,47)(H,50,51)/t31-,37+,38-/m0/s1. The second-order valence-corrected chi connectivity index (χ2v) is 12.3. The third-order valence-electron chi connectivity index (χ3n) is 9.09. The number of carboxylic acid groups (broad SMARTS) is 2. The van der Waals surface area contributed by atoms with Gasteiger partial charge in [0.05, 0.1) is 18.7 Å². The Morgan fingerprint density at radius 2 is 1.46 bits per heavy atom. The predicted octanol–water partition coefficient (Wildman–Crippen LogP) is 3.53. The molecule has 14 nitrogen and oxygen atoms in total. The van der Waals surface area contributed by atoms with Crippen LogP contribution in [0.15, 0.2) is 114 Å². The van der Waals surface area contributed by atoms with Gasteiger partial charge in [-0.15, -0.1) is 0 Å². The molecule has 0 spiro atoms. The summed E-state index contributed by atoms with van der Waals surface area (Å²) in [5, 5.41) is 24.0. The van der Waals surface area contributed by atoms with E-state index in [0.29, 0.717) is 16.0 Å². The minimum Gasteiger partial charge on any atom is -0.481 e. The Morgan fingerprint density at radius 1 is 0.885 bits per heavy atom. The van der Waals surface area contributed by atoms with Gasteiger partial charge in [0.25, 0.3) is 11.6 Å². The topological polar surface area (TPSA) is 217 Å². The molecule has 6 N–H and O–H groups in total. The SMILES string of the molecule is CC(=O)[C@@](C(=O)O)(N1C(=O)N(Cc2ccccc2-c2ccccc2)[C@](C)(c2ccc(C=NN)cc2)C1=O)N(C(=O)[C@@H](N)CC(=O)O)c1ccccc1. The van der Waals surface area contributed by atoms with Gasteiger partial charge in [-0.2, -0.15) is 5.10 Å². The first kappa shape index (κ1) is 36.6. The molecule has 0 aromatic heterocycles. The summed E-state index contributed by atoms with van der Waals surface area (Å²) < 4.78 is 0. The van der Waals surface area contributed by atoms with Gasteiger partial charge in [-0.25, -0.2) is 14.5 Å². The van der Waals surface area contributed by atoms with Crippen molar-refractivity contribution in [2.75, 3.05) is 4.90 Å². The summed E-state index contributed by atoms with van der Waals surface area (Å²) in [6.07, 6.45) is 0.416. The molecular weight excluding hydrogens is 668 g/mol. The fraction of sp³-hybridized carbons (Fsp3) is 0.184. The molecule has 1 fully saturated rings. The fourth-order valence-corrected chi connectivity index (χ4v) is 6.48. The number of rotatable bonds is 13. The second kappa shape index (κ2) is 14.7. The number of para-hydroxylation sites is 1. The molecule has 3 atom stereocenters. The van der Waals surface area contributed by atoms with Crippen molar-refractivity contribution in [1.29, 1.82) is 0 Å². The van der Waals surface area contributed by atoms with Crippen LogP contribution in [0.25, 0.3) is 11.1 Å². The highest BCUT2D eigenvalue weighted by Gasteiger charge is 2.69. The zero-order valence-corrected chi connectivity index (χ0v) is 28.2. The van der Waals surface area contributed by atoms with Gasteiger partial charge >= 0.3 is 18.0 Å². The molecule has 4 aromatic rings. The quantitative estimate of drug-likeness (QED) is 0.0522. The van der Waals surface area contributed by atoms with Gasteiger partial charge in [0.1, 0.15) is 5.54 Å². The number of hydrazone groups is 1. The Hall–Kier alpha value is -6.67. The third kappa shape index (κ3) is 6.26. The molecule has 1 saturated heterocycles. The van der Waals surface area contributed by atoms with Crippen LogP contribution >= 0.6 is 0 Å². The van der Waals surface area contributed by atoms with Crippen LogP contribution in [-0.2, 0) is 36.1 Å². The first-order chi connectivity index (χ1) is 24.8. The van der Waals surface area contributed by atoms with Crippen molar-refractivity contribution in [3.05, 3.63) is 126 Å². The van der Waals surface area contributed by atoms with Gasteiger partial charge < -0.3 is 26.7 Å². The second-order valence-electron chi connectivity index (χ2n) is 12.3. The van der Waals surface area contributed by atoms with Crippen LogP contribution in [0, 0.1) is 0 Å². The third-order valence-corrected chi connectivity index (χ3v) is 9.09. The Kier molecular flexibility index (Phi) is 10.3. The lowest BCUT2D eigenvalue weighted by Crippen LogP contribution is -2.74. The Labute approximate surface area is 298 Å². The van der Waals surface area contributed by atoms with Crippen LogP contribution in [0.5, 0.6) is 0 Å². The van der Waals surface area contributed by atoms with Crippen molar-refractivity contribution in [3.8, 4) is 11.1 Å². The molecule has 1 aliphatic rings. The van der Waals surface area contributed by atoms with Crippen molar-refractivity contribution >= 4 is 47.5 Å². The normalized spacial score (nSPS) is 17.5. The van der Waals surface area contributed by atoms with E-state index in [0.717, 1.165) is 23.0 Å². The summed E-state index contributed by atoms with van der Waals surface area (Å²) in [6.45, 7) is 1.99. The highest BCUT2D eigenvalue weighted by atomic mass is 16.4. The summed E-state index contributed by atoms with van der Waals surface area (Å²) in [7, 11) is 0. The maximum Gasteiger partial charge on any atom is 0.360 e. The molecule has 52 heavy (non-hydrogen) atoms. The number of carbonyl (C=O) groups is 6. The van der Waals surface area contributed by atoms with E-state index in [1.165, 1.54) is 37.4 Å². The molecule has 4 aromatic carbocycles. The van der Waals surface area contributed by atoms with Crippen LogP contribution in [0.2, 0.25) is 0 Å². The number of anilines is 1. The molecule has 4 amide bonds. The smallest absolute Gasteiger partial charge is 0.360 e. The van der Waals surface area contributed by atoms with E-state index in [4.69, 9.17) is 11.6 Å². The van der Waals surface area contributed by atoms with Gasteiger partial charge in [0, 0.05) is 12.2 Å². The maximum atomic E-state index is 15.1. The van der Waals surface area contributed by atoms with E-state index >= 15 is 9.59 Å². The minimum atomic E-state index is -3.36. The van der Waals surface area contributed by atoms with Crippen molar-refractivity contribution in [2.24, 2.45) is 16.7 Å².